The van der Waals surface area contributed by atoms with Gasteiger partial charge < -0.3 is 15.0 Å². The SMILES string of the molecule is COc1ccccc1CCC(=O)NC1CCN(c2cc(-c3ccccc3)[nH]n2)CC1. The first kappa shape index (κ1) is 20.0. The van der Waals surface area contributed by atoms with Gasteiger partial charge in [-0.2, -0.15) is 5.10 Å². The van der Waals surface area contributed by atoms with E-state index < -0.39 is 0 Å². The van der Waals surface area contributed by atoms with Crippen molar-refractivity contribution in [3.63, 3.8) is 0 Å². The average Bonchev–Trinajstić information content (AvgIpc) is 3.29. The molecule has 0 aliphatic carbocycles. The molecule has 0 unspecified atom stereocenters. The Morgan fingerprint density at radius 2 is 1.87 bits per heavy atom. The topological polar surface area (TPSA) is 70.2 Å². The number of nitrogens with one attached hydrogen (secondary N) is 2. The van der Waals surface area contributed by atoms with Crippen LogP contribution in [0, 0.1) is 0 Å². The van der Waals surface area contributed by atoms with E-state index in [9.17, 15) is 4.79 Å². The summed E-state index contributed by atoms with van der Waals surface area (Å²) in [4.78, 5) is 14.7. The summed E-state index contributed by atoms with van der Waals surface area (Å²) in [5.41, 5.74) is 3.23. The van der Waals surface area contributed by atoms with Gasteiger partial charge in [0.2, 0.25) is 5.91 Å². The molecular formula is C24H28N4O2. The van der Waals surface area contributed by atoms with Crippen LogP contribution in [0.3, 0.4) is 0 Å². The average molecular weight is 405 g/mol. The number of H-pyrrole nitrogens is 1. The molecule has 0 atom stereocenters. The summed E-state index contributed by atoms with van der Waals surface area (Å²) in [6.45, 7) is 1.77. The van der Waals surface area contributed by atoms with Crippen LogP contribution in [0.4, 0.5) is 5.82 Å². The molecule has 1 aliphatic heterocycles. The maximum atomic E-state index is 12.4. The third kappa shape index (κ3) is 4.82. The largest absolute Gasteiger partial charge is 0.496 e. The lowest BCUT2D eigenvalue weighted by Gasteiger charge is -2.32. The van der Waals surface area contributed by atoms with Crippen molar-refractivity contribution in [2.45, 2.75) is 31.7 Å². The van der Waals surface area contributed by atoms with Crippen LogP contribution in [0.15, 0.2) is 60.7 Å². The summed E-state index contributed by atoms with van der Waals surface area (Å²) in [7, 11) is 1.66. The first-order valence-corrected chi connectivity index (χ1v) is 10.5. The number of amides is 1. The van der Waals surface area contributed by atoms with Gasteiger partial charge in [-0.15, -0.1) is 0 Å². The number of aryl methyl sites for hydroxylation is 1. The fourth-order valence-corrected chi connectivity index (χ4v) is 3.95. The van der Waals surface area contributed by atoms with Crippen LogP contribution in [-0.2, 0) is 11.2 Å². The predicted molar refractivity (Wildman–Crippen MR) is 119 cm³/mol. The Hall–Kier alpha value is -3.28. The number of nitrogens with zero attached hydrogens (tertiary/aromatic N) is 2. The second kappa shape index (κ2) is 9.48. The summed E-state index contributed by atoms with van der Waals surface area (Å²) in [5.74, 6) is 1.91. The standard InChI is InChI=1S/C24H28N4O2/c1-30-22-10-6-5-9-19(22)11-12-24(29)25-20-13-15-28(16-14-20)23-17-21(26-27-23)18-7-3-2-4-8-18/h2-10,17,20H,11-16H2,1H3,(H,25,29)(H,26,27). The van der Waals surface area contributed by atoms with Gasteiger partial charge in [0.25, 0.3) is 0 Å². The molecule has 3 aromatic rings. The monoisotopic (exact) mass is 404 g/mol. The van der Waals surface area contributed by atoms with Crippen LogP contribution in [0.1, 0.15) is 24.8 Å². The number of hydrogen-bond acceptors (Lipinski definition) is 4. The number of para-hydroxylation sites is 1. The maximum Gasteiger partial charge on any atom is 0.220 e. The number of anilines is 1. The molecule has 2 aromatic carbocycles. The molecule has 1 fully saturated rings. The second-order valence-electron chi connectivity index (χ2n) is 7.65. The van der Waals surface area contributed by atoms with E-state index in [-0.39, 0.29) is 11.9 Å². The van der Waals surface area contributed by atoms with E-state index in [1.54, 1.807) is 7.11 Å². The van der Waals surface area contributed by atoms with Gasteiger partial charge in [0.1, 0.15) is 5.75 Å². The molecule has 2 N–H and O–H groups in total. The Labute approximate surface area is 177 Å². The maximum absolute atomic E-state index is 12.4. The first-order chi connectivity index (χ1) is 14.7. The zero-order valence-corrected chi connectivity index (χ0v) is 17.3. The number of rotatable bonds is 7. The van der Waals surface area contributed by atoms with Crippen molar-refractivity contribution in [2.24, 2.45) is 0 Å². The summed E-state index contributed by atoms with van der Waals surface area (Å²) in [6.07, 6.45) is 3.01. The fourth-order valence-electron chi connectivity index (χ4n) is 3.95. The smallest absolute Gasteiger partial charge is 0.220 e. The Bertz CT molecular complexity index is 962. The summed E-state index contributed by atoms with van der Waals surface area (Å²) in [6, 6.07) is 20.4. The number of hydrogen-bond donors (Lipinski definition) is 2. The van der Waals surface area contributed by atoms with Gasteiger partial charge in [-0.3, -0.25) is 9.89 Å². The minimum absolute atomic E-state index is 0.102. The van der Waals surface area contributed by atoms with Crippen LogP contribution in [0.5, 0.6) is 5.75 Å². The lowest BCUT2D eigenvalue weighted by molar-refractivity contribution is -0.121. The van der Waals surface area contributed by atoms with Gasteiger partial charge >= 0.3 is 0 Å². The molecule has 0 saturated carbocycles. The van der Waals surface area contributed by atoms with E-state index in [2.05, 4.69) is 38.6 Å². The Morgan fingerprint density at radius 1 is 1.13 bits per heavy atom. The number of benzene rings is 2. The summed E-state index contributed by atoms with van der Waals surface area (Å²) < 4.78 is 5.37. The van der Waals surface area contributed by atoms with E-state index in [1.807, 2.05) is 42.5 Å². The van der Waals surface area contributed by atoms with Gasteiger partial charge in [0.15, 0.2) is 5.82 Å². The van der Waals surface area contributed by atoms with E-state index in [1.165, 1.54) is 0 Å². The molecule has 1 saturated heterocycles. The number of ether oxygens (including phenoxy) is 1. The molecule has 0 radical (unpaired) electrons. The Kier molecular flexibility index (Phi) is 6.32. The van der Waals surface area contributed by atoms with Gasteiger partial charge in [0.05, 0.1) is 12.8 Å². The molecule has 0 spiro atoms. The third-order valence-electron chi connectivity index (χ3n) is 5.65. The van der Waals surface area contributed by atoms with Crippen molar-refractivity contribution in [2.75, 3.05) is 25.1 Å². The summed E-state index contributed by atoms with van der Waals surface area (Å²) in [5, 5.41) is 10.8. The molecule has 1 amide bonds. The van der Waals surface area contributed by atoms with Crippen LogP contribution in [0.25, 0.3) is 11.3 Å². The molecule has 4 rings (SSSR count). The highest BCUT2D eigenvalue weighted by Crippen LogP contribution is 2.24. The highest BCUT2D eigenvalue weighted by atomic mass is 16.5. The van der Waals surface area contributed by atoms with Crippen molar-refractivity contribution in [1.29, 1.82) is 0 Å². The number of aromatic amines is 1. The lowest BCUT2D eigenvalue weighted by Crippen LogP contribution is -2.44. The zero-order chi connectivity index (χ0) is 20.8. The van der Waals surface area contributed by atoms with E-state index >= 15 is 0 Å². The number of carbonyl (C=O) groups is 1. The van der Waals surface area contributed by atoms with Crippen LogP contribution >= 0.6 is 0 Å². The zero-order valence-electron chi connectivity index (χ0n) is 17.3. The molecule has 156 valence electrons. The normalized spacial score (nSPS) is 14.5. The second-order valence-corrected chi connectivity index (χ2v) is 7.65. The molecule has 1 aliphatic rings. The van der Waals surface area contributed by atoms with Crippen LogP contribution < -0.4 is 15.0 Å². The van der Waals surface area contributed by atoms with E-state index in [0.29, 0.717) is 12.8 Å². The highest BCUT2D eigenvalue weighted by molar-refractivity contribution is 5.76. The van der Waals surface area contributed by atoms with Gasteiger partial charge in [-0.1, -0.05) is 48.5 Å². The molecule has 0 bridgehead atoms. The van der Waals surface area contributed by atoms with Crippen molar-refractivity contribution < 1.29 is 9.53 Å². The number of methoxy groups -OCH3 is 1. The van der Waals surface area contributed by atoms with Crippen LogP contribution in [-0.4, -0.2) is 42.3 Å². The highest BCUT2D eigenvalue weighted by Gasteiger charge is 2.22. The predicted octanol–water partition coefficient (Wildman–Crippen LogP) is 3.80. The van der Waals surface area contributed by atoms with Crippen molar-refractivity contribution in [3.05, 3.63) is 66.2 Å². The molecule has 30 heavy (non-hydrogen) atoms. The molecule has 2 heterocycles. The number of aromatic nitrogens is 2. The van der Waals surface area contributed by atoms with Gasteiger partial charge in [-0.25, -0.2) is 0 Å². The fraction of sp³-hybridized carbons (Fsp3) is 0.333. The molecule has 6 heteroatoms. The first-order valence-electron chi connectivity index (χ1n) is 10.5. The molecule has 1 aromatic heterocycles. The quantitative estimate of drug-likeness (QED) is 0.628. The van der Waals surface area contributed by atoms with Gasteiger partial charge in [0, 0.05) is 31.6 Å². The van der Waals surface area contributed by atoms with Crippen LogP contribution in [0.2, 0.25) is 0 Å². The minimum atomic E-state index is 0.102. The lowest BCUT2D eigenvalue weighted by atomic mass is 10.0. The van der Waals surface area contributed by atoms with Crippen molar-refractivity contribution in [1.82, 2.24) is 15.5 Å². The number of piperidine rings is 1. The van der Waals surface area contributed by atoms with E-state index in [4.69, 9.17) is 4.74 Å². The van der Waals surface area contributed by atoms with Gasteiger partial charge in [-0.05, 0) is 36.5 Å². The van der Waals surface area contributed by atoms with Crippen molar-refractivity contribution in [3.8, 4) is 17.0 Å². The van der Waals surface area contributed by atoms with E-state index in [0.717, 1.165) is 54.3 Å². The third-order valence-corrected chi connectivity index (χ3v) is 5.65. The number of carbonyl (C=O) groups excluding carboxylic acids is 1. The minimum Gasteiger partial charge on any atom is -0.496 e. The molecular weight excluding hydrogens is 376 g/mol. The summed E-state index contributed by atoms with van der Waals surface area (Å²) >= 11 is 0. The Morgan fingerprint density at radius 3 is 2.63 bits per heavy atom. The molecule has 6 nitrogen and oxygen atoms in total. The Balaban J connectivity index is 1.25. The van der Waals surface area contributed by atoms with Crippen molar-refractivity contribution >= 4 is 11.7 Å².